The molecule has 2 N–H and O–H groups in total. The quantitative estimate of drug-likeness (QED) is 0.653. The lowest BCUT2D eigenvalue weighted by molar-refractivity contribution is 0.124. The molecule has 0 aromatic carbocycles. The van der Waals surface area contributed by atoms with Crippen LogP contribution in [0, 0.1) is 0 Å². The number of nitrogens with zero attached hydrogens (tertiary/aromatic N) is 3. The summed E-state index contributed by atoms with van der Waals surface area (Å²) < 4.78 is 1.62. The van der Waals surface area contributed by atoms with Crippen LogP contribution in [-0.2, 0) is 7.05 Å². The molecule has 0 saturated carbocycles. The van der Waals surface area contributed by atoms with Crippen molar-refractivity contribution in [2.45, 2.75) is 25.0 Å². The number of aliphatic hydroxyl groups is 1. The SMILES string of the molecule is Cn1ncnc1C(O)[C@H]1CCCN1. The van der Waals surface area contributed by atoms with E-state index in [-0.39, 0.29) is 6.04 Å². The summed E-state index contributed by atoms with van der Waals surface area (Å²) in [7, 11) is 1.79. The van der Waals surface area contributed by atoms with E-state index >= 15 is 0 Å². The molecular weight excluding hydrogens is 168 g/mol. The Labute approximate surface area is 76.8 Å². The van der Waals surface area contributed by atoms with Gasteiger partial charge in [0.25, 0.3) is 0 Å². The lowest BCUT2D eigenvalue weighted by atomic mass is 10.1. The Bertz CT molecular complexity index is 279. The highest BCUT2D eigenvalue weighted by molar-refractivity contribution is 4.96. The molecule has 72 valence electrons. The van der Waals surface area contributed by atoms with Gasteiger partial charge >= 0.3 is 0 Å². The van der Waals surface area contributed by atoms with Crippen LogP contribution in [0.5, 0.6) is 0 Å². The van der Waals surface area contributed by atoms with Gasteiger partial charge in [-0.3, -0.25) is 4.68 Å². The van der Waals surface area contributed by atoms with E-state index in [1.54, 1.807) is 11.7 Å². The lowest BCUT2D eigenvalue weighted by Crippen LogP contribution is -2.30. The number of aliphatic hydroxyl groups excluding tert-OH is 1. The highest BCUT2D eigenvalue weighted by Gasteiger charge is 2.26. The fourth-order valence-corrected chi connectivity index (χ4v) is 1.73. The van der Waals surface area contributed by atoms with E-state index in [0.717, 1.165) is 19.4 Å². The standard InChI is InChI=1S/C8H14N4O/c1-12-8(10-5-11-12)7(13)6-3-2-4-9-6/h5-7,9,13H,2-4H2,1H3/t6-,7?/m1/s1. The molecule has 1 aliphatic rings. The molecule has 0 spiro atoms. The highest BCUT2D eigenvalue weighted by Crippen LogP contribution is 2.20. The predicted octanol–water partition coefficient (Wildman–Crippen LogP) is -0.399. The van der Waals surface area contributed by atoms with Crippen LogP contribution in [0.15, 0.2) is 6.33 Å². The second kappa shape index (κ2) is 3.43. The first-order valence-corrected chi connectivity index (χ1v) is 4.54. The van der Waals surface area contributed by atoms with E-state index in [4.69, 9.17) is 0 Å². The maximum absolute atomic E-state index is 9.90. The van der Waals surface area contributed by atoms with Gasteiger partial charge in [0.2, 0.25) is 0 Å². The van der Waals surface area contributed by atoms with E-state index in [1.807, 2.05) is 0 Å². The molecule has 13 heavy (non-hydrogen) atoms. The van der Waals surface area contributed by atoms with E-state index in [1.165, 1.54) is 6.33 Å². The minimum atomic E-state index is -0.532. The average Bonchev–Trinajstić information content (AvgIpc) is 2.72. The number of aryl methyl sites for hydroxylation is 1. The number of hydrogen-bond donors (Lipinski definition) is 2. The number of aromatic nitrogens is 3. The molecule has 1 aliphatic heterocycles. The summed E-state index contributed by atoms with van der Waals surface area (Å²) >= 11 is 0. The summed E-state index contributed by atoms with van der Waals surface area (Å²) in [5.41, 5.74) is 0. The van der Waals surface area contributed by atoms with Crippen LogP contribution in [0.4, 0.5) is 0 Å². The van der Waals surface area contributed by atoms with Crippen molar-refractivity contribution in [3.05, 3.63) is 12.2 Å². The highest BCUT2D eigenvalue weighted by atomic mass is 16.3. The maximum atomic E-state index is 9.90. The van der Waals surface area contributed by atoms with Crippen molar-refractivity contribution < 1.29 is 5.11 Å². The second-order valence-corrected chi connectivity index (χ2v) is 3.39. The maximum Gasteiger partial charge on any atom is 0.157 e. The Morgan fingerprint density at radius 3 is 3.15 bits per heavy atom. The fraction of sp³-hybridized carbons (Fsp3) is 0.750. The number of nitrogens with one attached hydrogen (secondary N) is 1. The van der Waals surface area contributed by atoms with Gasteiger partial charge in [-0.2, -0.15) is 5.10 Å². The van der Waals surface area contributed by atoms with Gasteiger partial charge in [0, 0.05) is 13.1 Å². The monoisotopic (exact) mass is 182 g/mol. The Morgan fingerprint density at radius 1 is 1.77 bits per heavy atom. The third-order valence-corrected chi connectivity index (χ3v) is 2.49. The second-order valence-electron chi connectivity index (χ2n) is 3.39. The van der Waals surface area contributed by atoms with Crippen molar-refractivity contribution in [2.75, 3.05) is 6.54 Å². The van der Waals surface area contributed by atoms with Crippen LogP contribution in [0.2, 0.25) is 0 Å². The van der Waals surface area contributed by atoms with Crippen molar-refractivity contribution in [1.82, 2.24) is 20.1 Å². The topological polar surface area (TPSA) is 63.0 Å². The molecule has 1 fully saturated rings. The summed E-state index contributed by atoms with van der Waals surface area (Å²) in [6, 6.07) is 0.142. The molecular formula is C8H14N4O. The van der Waals surface area contributed by atoms with Crippen LogP contribution in [0.1, 0.15) is 24.8 Å². The van der Waals surface area contributed by atoms with Crippen LogP contribution in [-0.4, -0.2) is 32.5 Å². The van der Waals surface area contributed by atoms with E-state index in [2.05, 4.69) is 15.4 Å². The molecule has 1 unspecified atom stereocenters. The Kier molecular flexibility index (Phi) is 2.28. The number of rotatable bonds is 2. The molecule has 2 heterocycles. The van der Waals surface area contributed by atoms with E-state index < -0.39 is 6.10 Å². The first kappa shape index (κ1) is 8.65. The minimum absolute atomic E-state index is 0.142. The molecule has 0 bridgehead atoms. The van der Waals surface area contributed by atoms with Gasteiger partial charge in [0.1, 0.15) is 12.4 Å². The minimum Gasteiger partial charge on any atom is -0.383 e. The van der Waals surface area contributed by atoms with Crippen molar-refractivity contribution in [3.8, 4) is 0 Å². The molecule has 1 saturated heterocycles. The molecule has 2 rings (SSSR count). The molecule has 0 aliphatic carbocycles. The molecule has 5 nitrogen and oxygen atoms in total. The van der Waals surface area contributed by atoms with Gasteiger partial charge in [-0.15, -0.1) is 0 Å². The van der Waals surface area contributed by atoms with Crippen LogP contribution in [0.25, 0.3) is 0 Å². The van der Waals surface area contributed by atoms with Gasteiger partial charge in [-0.25, -0.2) is 4.98 Å². The third-order valence-electron chi connectivity index (χ3n) is 2.49. The molecule has 0 amide bonds. The summed E-state index contributed by atoms with van der Waals surface area (Å²) in [5.74, 6) is 0.638. The zero-order valence-corrected chi connectivity index (χ0v) is 7.64. The van der Waals surface area contributed by atoms with Crippen molar-refractivity contribution in [1.29, 1.82) is 0 Å². The first-order valence-electron chi connectivity index (χ1n) is 4.54. The fourth-order valence-electron chi connectivity index (χ4n) is 1.73. The van der Waals surface area contributed by atoms with Crippen molar-refractivity contribution >= 4 is 0 Å². The third kappa shape index (κ3) is 1.57. The molecule has 5 heteroatoms. The average molecular weight is 182 g/mol. The normalized spacial score (nSPS) is 24.9. The van der Waals surface area contributed by atoms with Gasteiger partial charge in [0.05, 0.1) is 0 Å². The van der Waals surface area contributed by atoms with Crippen LogP contribution < -0.4 is 5.32 Å². The smallest absolute Gasteiger partial charge is 0.157 e. The molecule has 0 radical (unpaired) electrons. The van der Waals surface area contributed by atoms with Gasteiger partial charge in [-0.1, -0.05) is 0 Å². The van der Waals surface area contributed by atoms with Gasteiger partial charge in [0.15, 0.2) is 5.82 Å². The zero-order chi connectivity index (χ0) is 9.26. The van der Waals surface area contributed by atoms with Gasteiger partial charge < -0.3 is 10.4 Å². The first-order chi connectivity index (χ1) is 6.29. The molecule has 1 aromatic heterocycles. The summed E-state index contributed by atoms with van der Waals surface area (Å²) in [6.45, 7) is 0.986. The van der Waals surface area contributed by atoms with Crippen molar-refractivity contribution in [3.63, 3.8) is 0 Å². The zero-order valence-electron chi connectivity index (χ0n) is 7.64. The summed E-state index contributed by atoms with van der Waals surface area (Å²) in [4.78, 5) is 4.02. The Hall–Kier alpha value is -0.940. The van der Waals surface area contributed by atoms with Crippen molar-refractivity contribution in [2.24, 2.45) is 7.05 Å². The number of hydrogen-bond acceptors (Lipinski definition) is 4. The predicted molar refractivity (Wildman–Crippen MR) is 47.0 cm³/mol. The van der Waals surface area contributed by atoms with Crippen LogP contribution in [0.3, 0.4) is 0 Å². The Morgan fingerprint density at radius 2 is 2.62 bits per heavy atom. The molecule has 2 atom stereocenters. The largest absolute Gasteiger partial charge is 0.383 e. The lowest BCUT2D eigenvalue weighted by Gasteiger charge is -2.16. The molecule has 1 aromatic rings. The van der Waals surface area contributed by atoms with Crippen LogP contribution >= 0.6 is 0 Å². The Balaban J connectivity index is 2.12. The summed E-state index contributed by atoms with van der Waals surface area (Å²) in [5, 5.41) is 17.1. The van der Waals surface area contributed by atoms with E-state index in [0.29, 0.717) is 5.82 Å². The van der Waals surface area contributed by atoms with Gasteiger partial charge in [-0.05, 0) is 19.4 Å². The van der Waals surface area contributed by atoms with E-state index in [9.17, 15) is 5.11 Å². The summed E-state index contributed by atoms with van der Waals surface area (Å²) in [6.07, 6.45) is 3.07.